The number of rotatable bonds is 5. The van der Waals surface area contributed by atoms with Crippen LogP contribution in [0.1, 0.15) is 10.5 Å². The Balaban J connectivity index is 2.36. The second kappa shape index (κ2) is 6.75. The molecule has 0 bridgehead atoms. The van der Waals surface area contributed by atoms with Crippen LogP contribution in [0.2, 0.25) is 0 Å². The van der Waals surface area contributed by atoms with Crippen molar-refractivity contribution in [3.8, 4) is 12.3 Å². The molecule has 1 rings (SSSR count). The number of pyridine rings is 1. The Bertz CT molecular complexity index is 448. The van der Waals surface area contributed by atoms with E-state index in [0.717, 1.165) is 5.75 Å². The Kier molecular flexibility index (Phi) is 5.23. The summed E-state index contributed by atoms with van der Waals surface area (Å²) in [5, 5.41) is 2.69. The predicted octanol–water partition coefficient (Wildman–Crippen LogP) is 0.471. The molecule has 0 aliphatic rings. The summed E-state index contributed by atoms with van der Waals surface area (Å²) in [6, 6.07) is 4.46. The quantitative estimate of drug-likeness (QED) is 0.577. The lowest BCUT2D eigenvalue weighted by Crippen LogP contribution is -2.28. The van der Waals surface area contributed by atoms with Crippen LogP contribution < -0.4 is 10.9 Å². The van der Waals surface area contributed by atoms with Gasteiger partial charge in [-0.05, 0) is 6.07 Å². The van der Waals surface area contributed by atoms with Crippen LogP contribution in [-0.2, 0) is 0 Å². The van der Waals surface area contributed by atoms with Gasteiger partial charge in [0.25, 0.3) is 5.91 Å². The van der Waals surface area contributed by atoms with Crippen molar-refractivity contribution in [3.63, 3.8) is 0 Å². The molecule has 84 valence electrons. The van der Waals surface area contributed by atoms with Gasteiger partial charge in [0.2, 0.25) is 5.56 Å². The Morgan fingerprint density at radius 1 is 1.56 bits per heavy atom. The van der Waals surface area contributed by atoms with Gasteiger partial charge in [-0.1, -0.05) is 12.0 Å². The summed E-state index contributed by atoms with van der Waals surface area (Å²) < 4.78 is 0. The van der Waals surface area contributed by atoms with Crippen LogP contribution >= 0.6 is 11.8 Å². The number of carbonyl (C=O) groups excluding carboxylic acids is 1. The standard InChI is InChI=1S/C11H12N2O2S/c1-2-7-16-8-6-12-11(15)9-4-3-5-10(14)13-9/h1,3-5H,6-8H2,(H,12,15)(H,13,14). The van der Waals surface area contributed by atoms with E-state index in [0.29, 0.717) is 12.3 Å². The lowest BCUT2D eigenvalue weighted by atomic mass is 10.3. The van der Waals surface area contributed by atoms with Crippen molar-refractivity contribution >= 4 is 17.7 Å². The smallest absolute Gasteiger partial charge is 0.267 e. The number of amides is 1. The van der Waals surface area contributed by atoms with E-state index in [-0.39, 0.29) is 17.2 Å². The fourth-order valence-corrected chi connectivity index (χ4v) is 1.55. The van der Waals surface area contributed by atoms with Crippen molar-refractivity contribution in [2.24, 2.45) is 0 Å². The summed E-state index contributed by atoms with van der Waals surface area (Å²) in [7, 11) is 0. The van der Waals surface area contributed by atoms with Crippen molar-refractivity contribution < 1.29 is 4.79 Å². The molecule has 0 spiro atoms. The Morgan fingerprint density at radius 2 is 2.38 bits per heavy atom. The first-order valence-electron chi connectivity index (χ1n) is 4.73. The summed E-state index contributed by atoms with van der Waals surface area (Å²) >= 11 is 1.57. The summed E-state index contributed by atoms with van der Waals surface area (Å²) in [6.45, 7) is 0.530. The third-order valence-electron chi connectivity index (χ3n) is 1.73. The summed E-state index contributed by atoms with van der Waals surface area (Å²) in [6.07, 6.45) is 5.08. The molecule has 16 heavy (non-hydrogen) atoms. The van der Waals surface area contributed by atoms with Crippen molar-refractivity contribution in [2.45, 2.75) is 0 Å². The van der Waals surface area contributed by atoms with Crippen LogP contribution in [0, 0.1) is 12.3 Å². The molecule has 5 heteroatoms. The van der Waals surface area contributed by atoms with Crippen LogP contribution in [0.25, 0.3) is 0 Å². The maximum atomic E-state index is 11.5. The van der Waals surface area contributed by atoms with E-state index in [1.165, 1.54) is 6.07 Å². The number of aromatic amines is 1. The molecule has 1 amide bonds. The summed E-state index contributed by atoms with van der Waals surface area (Å²) in [5.41, 5.74) is -0.0104. The maximum Gasteiger partial charge on any atom is 0.267 e. The molecule has 1 heterocycles. The lowest BCUT2D eigenvalue weighted by Gasteiger charge is -2.03. The second-order valence-electron chi connectivity index (χ2n) is 2.94. The normalized spacial score (nSPS) is 9.44. The van der Waals surface area contributed by atoms with Crippen molar-refractivity contribution in [3.05, 3.63) is 34.2 Å². The van der Waals surface area contributed by atoms with Gasteiger partial charge in [0.15, 0.2) is 0 Å². The SMILES string of the molecule is C#CCSCCNC(=O)c1cccc(=O)[nH]1. The molecule has 0 aliphatic heterocycles. The van der Waals surface area contributed by atoms with Crippen LogP contribution in [0.3, 0.4) is 0 Å². The number of hydrogen-bond acceptors (Lipinski definition) is 3. The third-order valence-corrected chi connectivity index (χ3v) is 2.59. The largest absolute Gasteiger partial charge is 0.350 e. The molecule has 0 radical (unpaired) electrons. The van der Waals surface area contributed by atoms with Gasteiger partial charge in [0.1, 0.15) is 5.69 Å². The minimum absolute atomic E-state index is 0.273. The fraction of sp³-hybridized carbons (Fsp3) is 0.273. The highest BCUT2D eigenvalue weighted by Gasteiger charge is 2.04. The molecule has 0 saturated heterocycles. The van der Waals surface area contributed by atoms with Gasteiger partial charge in [-0.25, -0.2) is 0 Å². The number of hydrogen-bond donors (Lipinski definition) is 2. The molecule has 1 aromatic heterocycles. The van der Waals surface area contributed by atoms with E-state index in [2.05, 4.69) is 16.2 Å². The van der Waals surface area contributed by atoms with Crippen LogP contribution in [-0.4, -0.2) is 28.9 Å². The van der Waals surface area contributed by atoms with Crippen molar-refractivity contribution in [2.75, 3.05) is 18.1 Å². The van der Waals surface area contributed by atoms with E-state index in [1.807, 2.05) is 0 Å². The molecular formula is C11H12N2O2S. The summed E-state index contributed by atoms with van der Waals surface area (Å²) in [5.74, 6) is 3.61. The molecule has 0 saturated carbocycles. The maximum absolute atomic E-state index is 11.5. The van der Waals surface area contributed by atoms with Crippen LogP contribution in [0.4, 0.5) is 0 Å². The first kappa shape index (κ1) is 12.4. The molecule has 1 aromatic rings. The highest BCUT2D eigenvalue weighted by atomic mass is 32.2. The van der Waals surface area contributed by atoms with Gasteiger partial charge in [-0.2, -0.15) is 0 Å². The van der Waals surface area contributed by atoms with Crippen LogP contribution in [0.15, 0.2) is 23.0 Å². The molecule has 0 unspecified atom stereocenters. The van der Waals surface area contributed by atoms with Crippen molar-refractivity contribution in [1.29, 1.82) is 0 Å². The zero-order chi connectivity index (χ0) is 11.8. The number of nitrogens with one attached hydrogen (secondary N) is 2. The summed E-state index contributed by atoms with van der Waals surface area (Å²) in [4.78, 5) is 24.9. The van der Waals surface area contributed by atoms with Crippen LogP contribution in [0.5, 0.6) is 0 Å². The Labute approximate surface area is 97.8 Å². The predicted molar refractivity (Wildman–Crippen MR) is 65.6 cm³/mol. The number of thioether (sulfide) groups is 1. The molecule has 0 aromatic carbocycles. The van der Waals surface area contributed by atoms with Gasteiger partial charge in [-0.15, -0.1) is 18.2 Å². The van der Waals surface area contributed by atoms with Gasteiger partial charge >= 0.3 is 0 Å². The van der Waals surface area contributed by atoms with E-state index in [9.17, 15) is 9.59 Å². The zero-order valence-electron chi connectivity index (χ0n) is 8.66. The number of carbonyl (C=O) groups is 1. The molecule has 4 nitrogen and oxygen atoms in total. The van der Waals surface area contributed by atoms with E-state index >= 15 is 0 Å². The van der Waals surface area contributed by atoms with Gasteiger partial charge < -0.3 is 10.3 Å². The second-order valence-corrected chi connectivity index (χ2v) is 4.05. The first-order valence-corrected chi connectivity index (χ1v) is 5.88. The molecule has 2 N–H and O–H groups in total. The van der Waals surface area contributed by atoms with E-state index < -0.39 is 0 Å². The first-order chi connectivity index (χ1) is 7.74. The Morgan fingerprint density at radius 3 is 3.06 bits per heavy atom. The van der Waals surface area contributed by atoms with Gasteiger partial charge in [0, 0.05) is 18.4 Å². The van der Waals surface area contributed by atoms with E-state index in [4.69, 9.17) is 6.42 Å². The molecule has 0 aliphatic carbocycles. The minimum Gasteiger partial charge on any atom is -0.350 e. The van der Waals surface area contributed by atoms with Crippen molar-refractivity contribution in [1.82, 2.24) is 10.3 Å². The highest BCUT2D eigenvalue weighted by molar-refractivity contribution is 7.99. The average molecular weight is 236 g/mol. The highest BCUT2D eigenvalue weighted by Crippen LogP contribution is 1.96. The third kappa shape index (κ3) is 4.24. The molecule has 0 fully saturated rings. The number of terminal acetylenes is 1. The topological polar surface area (TPSA) is 62.0 Å². The number of aromatic nitrogens is 1. The van der Waals surface area contributed by atoms with Gasteiger partial charge in [0.05, 0.1) is 5.75 Å². The fourth-order valence-electron chi connectivity index (χ4n) is 1.04. The zero-order valence-corrected chi connectivity index (χ0v) is 9.47. The molecule has 0 atom stereocenters. The van der Waals surface area contributed by atoms with E-state index in [1.54, 1.807) is 23.9 Å². The molecular weight excluding hydrogens is 224 g/mol. The minimum atomic E-state index is -0.283. The lowest BCUT2D eigenvalue weighted by molar-refractivity contribution is 0.0951. The Hall–Kier alpha value is -1.67. The monoisotopic (exact) mass is 236 g/mol. The van der Waals surface area contributed by atoms with Gasteiger partial charge in [-0.3, -0.25) is 9.59 Å². The average Bonchev–Trinajstić information content (AvgIpc) is 2.28. The number of H-pyrrole nitrogens is 1.